The first-order valence-electron chi connectivity index (χ1n) is 6.76. The minimum absolute atomic E-state index is 0.346. The molecule has 0 spiro atoms. The molecule has 0 bridgehead atoms. The summed E-state index contributed by atoms with van der Waals surface area (Å²) in [5, 5.41) is 0. The summed E-state index contributed by atoms with van der Waals surface area (Å²) < 4.78 is 5.17. The van der Waals surface area contributed by atoms with Crippen LogP contribution in [0.25, 0.3) is 10.4 Å². The van der Waals surface area contributed by atoms with Crippen molar-refractivity contribution in [2.24, 2.45) is 0 Å². The Morgan fingerprint density at radius 1 is 1.20 bits per heavy atom. The second-order valence-corrected chi connectivity index (χ2v) is 5.63. The summed E-state index contributed by atoms with van der Waals surface area (Å²) in [4.78, 5) is 14.0. The van der Waals surface area contributed by atoms with Crippen LogP contribution in [-0.2, 0) is 11.2 Å². The molecule has 2 aromatic rings. The molecule has 1 aromatic heterocycles. The number of hydrogen-bond donors (Lipinski definition) is 0. The van der Waals surface area contributed by atoms with Gasteiger partial charge in [-0.15, -0.1) is 11.3 Å². The Morgan fingerprint density at radius 3 is 2.60 bits per heavy atom. The Labute approximate surface area is 123 Å². The molecule has 0 amide bonds. The van der Waals surface area contributed by atoms with E-state index in [1.54, 1.807) is 13.0 Å². The quantitative estimate of drug-likeness (QED) is 0.446. The zero-order valence-corrected chi connectivity index (χ0v) is 12.6. The molecule has 0 aliphatic carbocycles. The fraction of sp³-hybridized carbons (Fsp3) is 0.235. The average molecular weight is 286 g/mol. The Kier molecular flexibility index (Phi) is 5.13. The van der Waals surface area contributed by atoms with Gasteiger partial charge in [0.2, 0.25) is 0 Å². The number of esters is 1. The third-order valence-electron chi connectivity index (χ3n) is 2.82. The molecule has 0 radical (unpaired) electrons. The van der Waals surface area contributed by atoms with Gasteiger partial charge in [-0.25, -0.2) is 4.79 Å². The number of thiophene rings is 1. The van der Waals surface area contributed by atoms with Crippen molar-refractivity contribution in [3.05, 3.63) is 53.4 Å². The van der Waals surface area contributed by atoms with E-state index in [2.05, 4.69) is 19.1 Å². The van der Waals surface area contributed by atoms with Crippen molar-refractivity contribution in [3.63, 3.8) is 0 Å². The van der Waals surface area contributed by atoms with Crippen molar-refractivity contribution in [1.29, 1.82) is 0 Å². The predicted octanol–water partition coefficient (Wildman–Crippen LogP) is 4.85. The molecule has 2 nitrogen and oxygen atoms in total. The topological polar surface area (TPSA) is 26.3 Å². The second kappa shape index (κ2) is 7.06. The molecule has 0 saturated heterocycles. The Morgan fingerprint density at radius 2 is 1.95 bits per heavy atom. The van der Waals surface area contributed by atoms with Gasteiger partial charge in [-0.1, -0.05) is 19.4 Å². The summed E-state index contributed by atoms with van der Waals surface area (Å²) in [6, 6.07) is 12.0. The maximum absolute atomic E-state index is 11.3. The summed E-state index contributed by atoms with van der Waals surface area (Å²) in [5.41, 5.74) is 1.16. The van der Waals surface area contributed by atoms with E-state index in [9.17, 15) is 4.79 Å². The van der Waals surface area contributed by atoms with Gasteiger partial charge in [-0.3, -0.25) is 0 Å². The third-order valence-corrected chi connectivity index (χ3v) is 4.01. The minimum Gasteiger partial charge on any atom is -0.423 e. The van der Waals surface area contributed by atoms with Crippen LogP contribution in [0.15, 0.2) is 48.6 Å². The Bertz CT molecular complexity index is 594. The van der Waals surface area contributed by atoms with Gasteiger partial charge in [0.1, 0.15) is 5.75 Å². The Hall–Kier alpha value is -1.87. The summed E-state index contributed by atoms with van der Waals surface area (Å²) >= 11 is 1.82. The lowest BCUT2D eigenvalue weighted by atomic mass is 10.2. The lowest BCUT2D eigenvalue weighted by Crippen LogP contribution is -2.03. The molecule has 20 heavy (non-hydrogen) atoms. The number of carbonyl (C=O) groups excluding carboxylic acids is 1. The van der Waals surface area contributed by atoms with Crippen LogP contribution in [0.3, 0.4) is 0 Å². The van der Waals surface area contributed by atoms with Crippen molar-refractivity contribution < 1.29 is 9.53 Å². The van der Waals surface area contributed by atoms with Gasteiger partial charge in [0.15, 0.2) is 0 Å². The highest BCUT2D eigenvalue weighted by molar-refractivity contribution is 7.15. The van der Waals surface area contributed by atoms with Crippen molar-refractivity contribution >= 4 is 17.3 Å². The largest absolute Gasteiger partial charge is 0.423 e. The van der Waals surface area contributed by atoms with Crippen molar-refractivity contribution in [3.8, 4) is 16.2 Å². The van der Waals surface area contributed by atoms with E-state index in [4.69, 9.17) is 4.74 Å². The molecule has 0 atom stereocenters. The van der Waals surface area contributed by atoms with E-state index in [1.165, 1.54) is 22.3 Å². The third kappa shape index (κ3) is 3.81. The normalized spacial score (nSPS) is 10.9. The van der Waals surface area contributed by atoms with Gasteiger partial charge >= 0.3 is 5.97 Å². The maximum atomic E-state index is 11.3. The molecule has 3 heteroatoms. The Balaban J connectivity index is 2.08. The van der Waals surface area contributed by atoms with Crippen LogP contribution >= 0.6 is 11.3 Å². The van der Waals surface area contributed by atoms with Crippen LogP contribution < -0.4 is 4.74 Å². The monoisotopic (exact) mass is 286 g/mol. The average Bonchev–Trinajstić information content (AvgIpc) is 2.89. The minimum atomic E-state index is -0.346. The number of hydrogen-bond acceptors (Lipinski definition) is 3. The second-order valence-electron chi connectivity index (χ2n) is 4.46. The molecule has 1 aromatic carbocycles. The van der Waals surface area contributed by atoms with Crippen LogP contribution in [0, 0.1) is 0 Å². The number of rotatable bonds is 5. The molecule has 0 aliphatic rings. The first kappa shape index (κ1) is 14.5. The molecule has 0 fully saturated rings. The smallest absolute Gasteiger partial charge is 0.335 e. The van der Waals surface area contributed by atoms with Crippen LogP contribution in [0.4, 0.5) is 0 Å². The molecule has 1 heterocycles. The van der Waals surface area contributed by atoms with E-state index in [1.807, 2.05) is 35.6 Å². The lowest BCUT2D eigenvalue weighted by Gasteiger charge is -2.02. The zero-order chi connectivity index (χ0) is 14.4. The number of ether oxygens (including phenoxy) is 1. The molecular formula is C17H18O2S. The summed E-state index contributed by atoms with van der Waals surface area (Å²) in [5.74, 6) is 0.226. The fourth-order valence-electron chi connectivity index (χ4n) is 1.89. The maximum Gasteiger partial charge on any atom is 0.335 e. The summed E-state index contributed by atoms with van der Waals surface area (Å²) in [6.07, 6.45) is 5.37. The van der Waals surface area contributed by atoms with Gasteiger partial charge < -0.3 is 4.74 Å². The van der Waals surface area contributed by atoms with Crippen LogP contribution in [0.5, 0.6) is 5.75 Å². The molecule has 2 rings (SSSR count). The summed E-state index contributed by atoms with van der Waals surface area (Å²) in [6.45, 7) is 3.97. The highest BCUT2D eigenvalue weighted by atomic mass is 32.1. The molecule has 0 saturated carbocycles. The standard InChI is InChI=1S/C17H18O2S/c1-3-5-15-11-12-16(20-15)13-7-9-14(10-8-13)19-17(18)6-4-2/h4,6-12H,3,5H2,1-2H3/b6-4+. The molecule has 0 aliphatic heterocycles. The van der Waals surface area contributed by atoms with Crippen molar-refractivity contribution in [2.75, 3.05) is 0 Å². The van der Waals surface area contributed by atoms with Crippen molar-refractivity contribution in [2.45, 2.75) is 26.7 Å². The zero-order valence-electron chi connectivity index (χ0n) is 11.8. The van der Waals surface area contributed by atoms with Gasteiger partial charge in [0, 0.05) is 15.8 Å². The number of carbonyl (C=O) groups is 1. The lowest BCUT2D eigenvalue weighted by molar-refractivity contribution is -0.129. The van der Waals surface area contributed by atoms with Crippen LogP contribution in [-0.4, -0.2) is 5.97 Å². The van der Waals surface area contributed by atoms with E-state index >= 15 is 0 Å². The first-order valence-corrected chi connectivity index (χ1v) is 7.58. The van der Waals surface area contributed by atoms with Gasteiger partial charge in [0.25, 0.3) is 0 Å². The summed E-state index contributed by atoms with van der Waals surface area (Å²) in [7, 11) is 0. The molecule has 0 unspecified atom stereocenters. The van der Waals surface area contributed by atoms with E-state index in [0.29, 0.717) is 5.75 Å². The number of benzene rings is 1. The number of allylic oxidation sites excluding steroid dienone is 1. The van der Waals surface area contributed by atoms with Crippen LogP contribution in [0.1, 0.15) is 25.1 Å². The highest BCUT2D eigenvalue weighted by Gasteiger charge is 2.04. The van der Waals surface area contributed by atoms with Crippen molar-refractivity contribution in [1.82, 2.24) is 0 Å². The van der Waals surface area contributed by atoms with E-state index in [-0.39, 0.29) is 5.97 Å². The number of aryl methyl sites for hydroxylation is 1. The first-order chi connectivity index (χ1) is 9.72. The molecule has 104 valence electrons. The van der Waals surface area contributed by atoms with E-state index < -0.39 is 0 Å². The van der Waals surface area contributed by atoms with Gasteiger partial charge in [0.05, 0.1) is 0 Å². The van der Waals surface area contributed by atoms with E-state index in [0.717, 1.165) is 12.0 Å². The predicted molar refractivity (Wildman–Crippen MR) is 84.2 cm³/mol. The highest BCUT2D eigenvalue weighted by Crippen LogP contribution is 2.30. The SMILES string of the molecule is C/C=C/C(=O)Oc1ccc(-c2ccc(CCC)s2)cc1. The molecule has 0 N–H and O–H groups in total. The fourth-order valence-corrected chi connectivity index (χ4v) is 3.00. The molecular weight excluding hydrogens is 268 g/mol. The van der Waals surface area contributed by atoms with Gasteiger partial charge in [-0.2, -0.15) is 0 Å². The van der Waals surface area contributed by atoms with Gasteiger partial charge in [-0.05, 0) is 55.3 Å². The van der Waals surface area contributed by atoms with Crippen LogP contribution in [0.2, 0.25) is 0 Å².